The zero-order valence-electron chi connectivity index (χ0n) is 21.3. The van der Waals surface area contributed by atoms with Crippen LogP contribution in [0.2, 0.25) is 0 Å². The molecule has 12 nitrogen and oxygen atoms in total. The van der Waals surface area contributed by atoms with Gasteiger partial charge in [-0.2, -0.15) is 0 Å². The number of aromatic amines is 1. The highest BCUT2D eigenvalue weighted by Crippen LogP contribution is 2.22. The van der Waals surface area contributed by atoms with Gasteiger partial charge in [-0.15, -0.1) is 0 Å². The normalized spacial score (nSPS) is 20.6. The molecule has 0 bridgehead atoms. The van der Waals surface area contributed by atoms with Crippen molar-refractivity contribution in [3.63, 3.8) is 0 Å². The molecule has 4 rings (SSSR count). The zero-order valence-corrected chi connectivity index (χ0v) is 21.3. The molecule has 200 valence electrons. The third-order valence-corrected chi connectivity index (χ3v) is 7.07. The maximum absolute atomic E-state index is 13.7. The minimum absolute atomic E-state index is 0.0819. The summed E-state index contributed by atoms with van der Waals surface area (Å²) >= 11 is 0. The van der Waals surface area contributed by atoms with Crippen molar-refractivity contribution in [2.24, 2.45) is 5.73 Å². The second kappa shape index (κ2) is 12.2. The zero-order chi connectivity index (χ0) is 26.4. The fourth-order valence-electron chi connectivity index (χ4n) is 5.05. The smallest absolute Gasteiger partial charge is 0.258 e. The van der Waals surface area contributed by atoms with Gasteiger partial charge in [0, 0.05) is 37.1 Å². The Bertz CT molecular complexity index is 1100. The Morgan fingerprint density at radius 1 is 1.24 bits per heavy atom. The fourth-order valence-corrected chi connectivity index (χ4v) is 5.05. The Hall–Kier alpha value is -3.38. The number of hydrogen-bond acceptors (Lipinski definition) is 8. The average molecular weight is 513 g/mol. The number of imide groups is 3. The molecule has 2 aromatic rings. The number of nitrogens with zero attached hydrogens (tertiary/aromatic N) is 5. The Kier molecular flexibility index (Phi) is 8.82. The van der Waals surface area contributed by atoms with Crippen LogP contribution in [0.4, 0.5) is 0 Å². The van der Waals surface area contributed by atoms with Crippen molar-refractivity contribution < 1.29 is 19.2 Å². The molecule has 2 saturated heterocycles. The van der Waals surface area contributed by atoms with Gasteiger partial charge in [0.2, 0.25) is 5.91 Å². The van der Waals surface area contributed by atoms with E-state index >= 15 is 0 Å². The predicted molar refractivity (Wildman–Crippen MR) is 134 cm³/mol. The number of imidazole rings is 2. The summed E-state index contributed by atoms with van der Waals surface area (Å²) < 4.78 is 1.81. The van der Waals surface area contributed by atoms with Crippen LogP contribution in [0.1, 0.15) is 63.4 Å². The molecule has 4 N–H and O–H groups in total. The van der Waals surface area contributed by atoms with E-state index < -0.39 is 35.8 Å². The van der Waals surface area contributed by atoms with E-state index in [1.807, 2.05) is 4.57 Å². The molecule has 0 saturated carbocycles. The van der Waals surface area contributed by atoms with Gasteiger partial charge < -0.3 is 20.6 Å². The number of likely N-dealkylation sites (tertiary alicyclic amines) is 1. The molecule has 0 aliphatic carbocycles. The molecule has 3 atom stereocenters. The first-order valence-electron chi connectivity index (χ1n) is 13.1. The van der Waals surface area contributed by atoms with E-state index in [9.17, 15) is 19.2 Å². The molecule has 2 aliphatic rings. The van der Waals surface area contributed by atoms with Crippen molar-refractivity contribution in [3.05, 3.63) is 36.4 Å². The summed E-state index contributed by atoms with van der Waals surface area (Å²) in [5.74, 6) is -1.58. The molecular formula is C25H36N8O4. The van der Waals surface area contributed by atoms with Crippen LogP contribution in [0.25, 0.3) is 0 Å². The number of nitrogens with two attached hydrogens (primary N) is 1. The topological polar surface area (TPSA) is 159 Å². The van der Waals surface area contributed by atoms with E-state index in [1.165, 1.54) is 0 Å². The highest BCUT2D eigenvalue weighted by atomic mass is 16.2. The van der Waals surface area contributed by atoms with Crippen LogP contribution in [-0.4, -0.2) is 84.2 Å². The summed E-state index contributed by atoms with van der Waals surface area (Å²) in [6.45, 7) is 4.00. The average Bonchev–Trinajstić information content (AvgIpc) is 3.69. The lowest BCUT2D eigenvalue weighted by Gasteiger charge is -2.30. The molecule has 4 heterocycles. The number of aromatic nitrogens is 4. The van der Waals surface area contributed by atoms with E-state index in [4.69, 9.17) is 5.73 Å². The van der Waals surface area contributed by atoms with Gasteiger partial charge in [0.05, 0.1) is 25.0 Å². The Morgan fingerprint density at radius 2 is 2.08 bits per heavy atom. The molecule has 2 aliphatic heterocycles. The number of unbranched alkanes of at least 4 members (excludes halogenated alkanes) is 2. The molecule has 2 aromatic heterocycles. The number of amides is 4. The van der Waals surface area contributed by atoms with Crippen LogP contribution in [0.3, 0.4) is 0 Å². The van der Waals surface area contributed by atoms with Crippen LogP contribution in [0.5, 0.6) is 0 Å². The Labute approximate surface area is 216 Å². The van der Waals surface area contributed by atoms with E-state index in [2.05, 4.69) is 32.1 Å². The first-order chi connectivity index (χ1) is 17.9. The van der Waals surface area contributed by atoms with Crippen LogP contribution in [0, 0.1) is 0 Å². The van der Waals surface area contributed by atoms with Crippen LogP contribution >= 0.6 is 0 Å². The van der Waals surface area contributed by atoms with Gasteiger partial charge in [-0.05, 0) is 38.8 Å². The number of H-pyrrole nitrogens is 1. The van der Waals surface area contributed by atoms with Crippen LogP contribution in [0.15, 0.2) is 24.9 Å². The quantitative estimate of drug-likeness (QED) is 0.287. The van der Waals surface area contributed by atoms with Crippen LogP contribution < -0.4 is 11.1 Å². The fraction of sp³-hybridized carbons (Fsp3) is 0.600. The SMILES string of the molecule is CCCCCN1CCC[C@H]1C(=O)N(C(=O)[C@@H]1CCC(=O)N1)C(=O)[C@@H](N)Cc1cncn1Cc1ncc[nH]1. The van der Waals surface area contributed by atoms with Gasteiger partial charge in [-0.3, -0.25) is 24.1 Å². The minimum atomic E-state index is -1.15. The lowest BCUT2D eigenvalue weighted by atomic mass is 10.1. The highest BCUT2D eigenvalue weighted by Gasteiger charge is 2.43. The lowest BCUT2D eigenvalue weighted by Crippen LogP contribution is -2.59. The van der Waals surface area contributed by atoms with Crippen molar-refractivity contribution in [2.75, 3.05) is 13.1 Å². The Balaban J connectivity index is 1.52. The molecule has 0 spiro atoms. The number of carbonyl (C=O) groups is 4. The van der Waals surface area contributed by atoms with E-state index in [0.29, 0.717) is 24.5 Å². The van der Waals surface area contributed by atoms with Crippen molar-refractivity contribution in [2.45, 2.75) is 83.0 Å². The van der Waals surface area contributed by atoms with Crippen LogP contribution in [-0.2, 0) is 32.1 Å². The summed E-state index contributed by atoms with van der Waals surface area (Å²) in [6.07, 6.45) is 11.5. The first-order valence-corrected chi connectivity index (χ1v) is 13.1. The largest absolute Gasteiger partial charge is 0.347 e. The summed E-state index contributed by atoms with van der Waals surface area (Å²) in [5, 5.41) is 2.59. The van der Waals surface area contributed by atoms with Gasteiger partial charge in [0.25, 0.3) is 17.7 Å². The predicted octanol–water partition coefficient (Wildman–Crippen LogP) is 0.339. The highest BCUT2D eigenvalue weighted by molar-refractivity contribution is 6.15. The van der Waals surface area contributed by atoms with Crippen molar-refractivity contribution >= 4 is 23.6 Å². The molecule has 0 unspecified atom stereocenters. The number of carbonyl (C=O) groups excluding carboxylic acids is 4. The summed E-state index contributed by atoms with van der Waals surface area (Å²) in [7, 11) is 0. The second-order valence-electron chi connectivity index (χ2n) is 9.77. The Morgan fingerprint density at radius 3 is 2.78 bits per heavy atom. The first kappa shape index (κ1) is 26.7. The van der Waals surface area contributed by atoms with Crippen molar-refractivity contribution in [1.29, 1.82) is 0 Å². The van der Waals surface area contributed by atoms with Gasteiger partial charge >= 0.3 is 0 Å². The molecular weight excluding hydrogens is 476 g/mol. The monoisotopic (exact) mass is 512 g/mol. The molecule has 0 aromatic carbocycles. The molecule has 37 heavy (non-hydrogen) atoms. The van der Waals surface area contributed by atoms with Gasteiger partial charge in [-0.25, -0.2) is 14.9 Å². The van der Waals surface area contributed by atoms with Gasteiger partial charge in [0.1, 0.15) is 11.9 Å². The summed E-state index contributed by atoms with van der Waals surface area (Å²) in [6, 6.07) is -2.61. The molecule has 4 amide bonds. The molecule has 0 radical (unpaired) electrons. The third kappa shape index (κ3) is 6.31. The van der Waals surface area contributed by atoms with Gasteiger partial charge in [-0.1, -0.05) is 19.8 Å². The van der Waals surface area contributed by atoms with Crippen molar-refractivity contribution in [3.8, 4) is 0 Å². The van der Waals surface area contributed by atoms with Crippen molar-refractivity contribution in [1.82, 2.24) is 34.6 Å². The number of nitrogens with one attached hydrogen (secondary N) is 2. The minimum Gasteiger partial charge on any atom is -0.347 e. The van der Waals surface area contributed by atoms with E-state index in [-0.39, 0.29) is 25.2 Å². The third-order valence-electron chi connectivity index (χ3n) is 7.07. The van der Waals surface area contributed by atoms with E-state index in [1.54, 1.807) is 24.9 Å². The maximum atomic E-state index is 13.7. The summed E-state index contributed by atoms with van der Waals surface area (Å²) in [5.41, 5.74) is 7.00. The summed E-state index contributed by atoms with van der Waals surface area (Å²) in [4.78, 5) is 66.8. The molecule has 12 heteroatoms. The van der Waals surface area contributed by atoms with E-state index in [0.717, 1.165) is 43.7 Å². The second-order valence-corrected chi connectivity index (χ2v) is 9.77. The van der Waals surface area contributed by atoms with Gasteiger partial charge in [0.15, 0.2) is 0 Å². The standard InChI is InChI=1S/C25H36N8O4/c1-2-3-4-11-31-12-5-6-20(31)25(37)33(24(36)19-7-8-22(34)30-19)23(35)18(26)13-17-14-27-16-32(17)15-21-28-9-10-29-21/h9-10,14,16,18-20H,2-8,11-13,15,26H2,1H3,(H,28,29)(H,30,34)/t18-,19-,20-/m0/s1. The molecule has 2 fully saturated rings. The number of hydrogen-bond donors (Lipinski definition) is 3. The maximum Gasteiger partial charge on any atom is 0.258 e. The number of rotatable bonds is 11. The lowest BCUT2D eigenvalue weighted by molar-refractivity contribution is -0.158.